The summed E-state index contributed by atoms with van der Waals surface area (Å²) in [7, 11) is 0. The monoisotopic (exact) mass is 186 g/mol. The standard InChI is InChI=1S/C12H26O/c1-4-7-8-9-10-11(5-2)12(13)6-3/h11-13H,4-10H2,1-3H3/t11-,12+/m0/s1. The molecule has 0 saturated carbocycles. The Morgan fingerprint density at radius 3 is 2.08 bits per heavy atom. The van der Waals surface area contributed by atoms with Gasteiger partial charge < -0.3 is 5.11 Å². The molecule has 1 heteroatoms. The van der Waals surface area contributed by atoms with Gasteiger partial charge in [0.1, 0.15) is 0 Å². The second-order valence-corrected chi connectivity index (χ2v) is 3.99. The first-order chi connectivity index (χ1) is 6.26. The van der Waals surface area contributed by atoms with Crippen LogP contribution in [0.2, 0.25) is 0 Å². The smallest absolute Gasteiger partial charge is 0.0565 e. The van der Waals surface area contributed by atoms with Gasteiger partial charge in [0.2, 0.25) is 0 Å². The molecule has 0 aliphatic rings. The molecular weight excluding hydrogens is 160 g/mol. The van der Waals surface area contributed by atoms with Crippen molar-refractivity contribution in [2.45, 2.75) is 71.8 Å². The molecule has 0 aromatic carbocycles. The Morgan fingerprint density at radius 2 is 1.62 bits per heavy atom. The number of rotatable bonds is 8. The van der Waals surface area contributed by atoms with Gasteiger partial charge in [0.15, 0.2) is 0 Å². The third-order valence-electron chi connectivity index (χ3n) is 2.92. The fourth-order valence-corrected chi connectivity index (χ4v) is 1.84. The van der Waals surface area contributed by atoms with Gasteiger partial charge in [0.05, 0.1) is 6.10 Å². The van der Waals surface area contributed by atoms with Crippen LogP contribution in [0, 0.1) is 5.92 Å². The second kappa shape index (κ2) is 8.55. The van der Waals surface area contributed by atoms with Gasteiger partial charge in [-0.15, -0.1) is 0 Å². The second-order valence-electron chi connectivity index (χ2n) is 3.99. The van der Waals surface area contributed by atoms with Crippen LogP contribution in [0.3, 0.4) is 0 Å². The van der Waals surface area contributed by atoms with Crippen molar-refractivity contribution in [3.63, 3.8) is 0 Å². The van der Waals surface area contributed by atoms with Gasteiger partial charge in [-0.25, -0.2) is 0 Å². The molecule has 1 N–H and O–H groups in total. The van der Waals surface area contributed by atoms with Gasteiger partial charge in [-0.1, -0.05) is 52.9 Å². The third kappa shape index (κ3) is 6.09. The fraction of sp³-hybridized carbons (Fsp3) is 1.00. The lowest BCUT2D eigenvalue weighted by atomic mass is 9.91. The molecule has 0 rings (SSSR count). The largest absolute Gasteiger partial charge is 0.393 e. The topological polar surface area (TPSA) is 20.2 Å². The third-order valence-corrected chi connectivity index (χ3v) is 2.92. The lowest BCUT2D eigenvalue weighted by Crippen LogP contribution is -2.18. The maximum atomic E-state index is 9.67. The quantitative estimate of drug-likeness (QED) is 0.572. The average Bonchev–Trinajstić information content (AvgIpc) is 2.17. The van der Waals surface area contributed by atoms with E-state index in [0.717, 1.165) is 12.8 Å². The molecule has 2 atom stereocenters. The van der Waals surface area contributed by atoms with E-state index in [1.54, 1.807) is 0 Å². The van der Waals surface area contributed by atoms with E-state index in [1.165, 1.54) is 32.1 Å². The van der Waals surface area contributed by atoms with E-state index >= 15 is 0 Å². The SMILES string of the molecule is CCCCCC[C@H](CC)[C@H](O)CC. The summed E-state index contributed by atoms with van der Waals surface area (Å²) in [6.07, 6.45) is 8.46. The Bertz CT molecular complexity index is 101. The summed E-state index contributed by atoms with van der Waals surface area (Å²) in [6.45, 7) is 6.49. The molecule has 0 aromatic rings. The van der Waals surface area contributed by atoms with Crippen LogP contribution in [-0.2, 0) is 0 Å². The van der Waals surface area contributed by atoms with Crippen LogP contribution in [0.5, 0.6) is 0 Å². The summed E-state index contributed by atoms with van der Waals surface area (Å²) in [5.74, 6) is 0.543. The number of hydrogen-bond acceptors (Lipinski definition) is 1. The van der Waals surface area contributed by atoms with Gasteiger partial charge in [-0.3, -0.25) is 0 Å². The molecule has 0 aliphatic carbocycles. The first-order valence-corrected chi connectivity index (χ1v) is 5.94. The van der Waals surface area contributed by atoms with E-state index in [9.17, 15) is 5.11 Å². The Labute approximate surface area is 83.5 Å². The lowest BCUT2D eigenvalue weighted by molar-refractivity contribution is 0.0946. The first kappa shape index (κ1) is 13.0. The van der Waals surface area contributed by atoms with Gasteiger partial charge in [0, 0.05) is 0 Å². The van der Waals surface area contributed by atoms with Crippen molar-refractivity contribution >= 4 is 0 Å². The number of hydrogen-bond donors (Lipinski definition) is 1. The first-order valence-electron chi connectivity index (χ1n) is 5.94. The highest BCUT2D eigenvalue weighted by Crippen LogP contribution is 2.19. The lowest BCUT2D eigenvalue weighted by Gasteiger charge is -2.19. The Kier molecular flexibility index (Phi) is 8.53. The molecule has 80 valence electrons. The average molecular weight is 186 g/mol. The molecule has 0 bridgehead atoms. The molecule has 0 unspecified atom stereocenters. The van der Waals surface area contributed by atoms with Crippen molar-refractivity contribution in [1.82, 2.24) is 0 Å². The molecule has 0 spiro atoms. The zero-order valence-corrected chi connectivity index (χ0v) is 9.55. The van der Waals surface area contributed by atoms with Crippen LogP contribution in [0.25, 0.3) is 0 Å². The molecule has 0 heterocycles. The highest BCUT2D eigenvalue weighted by molar-refractivity contribution is 4.66. The van der Waals surface area contributed by atoms with E-state index in [0.29, 0.717) is 5.92 Å². The predicted molar refractivity (Wildman–Crippen MR) is 58.8 cm³/mol. The van der Waals surface area contributed by atoms with Crippen LogP contribution in [0.1, 0.15) is 65.7 Å². The van der Waals surface area contributed by atoms with Gasteiger partial charge in [-0.2, -0.15) is 0 Å². The molecule has 0 saturated heterocycles. The van der Waals surface area contributed by atoms with Crippen LogP contribution in [-0.4, -0.2) is 11.2 Å². The van der Waals surface area contributed by atoms with Crippen molar-refractivity contribution in [1.29, 1.82) is 0 Å². The minimum atomic E-state index is -0.0633. The minimum absolute atomic E-state index is 0.0633. The summed E-state index contributed by atoms with van der Waals surface area (Å²) >= 11 is 0. The fourth-order valence-electron chi connectivity index (χ4n) is 1.84. The summed E-state index contributed by atoms with van der Waals surface area (Å²) in [5, 5.41) is 9.67. The number of unbranched alkanes of at least 4 members (excludes halogenated alkanes) is 3. The zero-order chi connectivity index (χ0) is 10.1. The van der Waals surface area contributed by atoms with Gasteiger partial charge >= 0.3 is 0 Å². The molecule has 0 amide bonds. The van der Waals surface area contributed by atoms with Crippen molar-refractivity contribution in [3.8, 4) is 0 Å². The highest BCUT2D eigenvalue weighted by Gasteiger charge is 2.14. The maximum absolute atomic E-state index is 9.67. The Morgan fingerprint density at radius 1 is 0.923 bits per heavy atom. The van der Waals surface area contributed by atoms with E-state index < -0.39 is 0 Å². The molecule has 1 nitrogen and oxygen atoms in total. The Hall–Kier alpha value is -0.0400. The van der Waals surface area contributed by atoms with Gasteiger partial charge in [-0.05, 0) is 18.8 Å². The Balaban J connectivity index is 3.47. The highest BCUT2D eigenvalue weighted by atomic mass is 16.3. The van der Waals surface area contributed by atoms with E-state index in [4.69, 9.17) is 0 Å². The minimum Gasteiger partial charge on any atom is -0.393 e. The molecule has 0 radical (unpaired) electrons. The number of aliphatic hydroxyl groups excluding tert-OH is 1. The van der Waals surface area contributed by atoms with Crippen molar-refractivity contribution in [2.24, 2.45) is 5.92 Å². The molecule has 0 fully saturated rings. The van der Waals surface area contributed by atoms with Crippen LogP contribution >= 0.6 is 0 Å². The predicted octanol–water partition coefficient (Wildman–Crippen LogP) is 3.75. The van der Waals surface area contributed by atoms with E-state index in [1.807, 2.05) is 0 Å². The van der Waals surface area contributed by atoms with Crippen molar-refractivity contribution in [2.75, 3.05) is 0 Å². The van der Waals surface area contributed by atoms with Crippen molar-refractivity contribution < 1.29 is 5.11 Å². The summed E-state index contributed by atoms with van der Waals surface area (Å²) in [5.41, 5.74) is 0. The normalized spacial score (nSPS) is 15.7. The molecular formula is C12H26O. The zero-order valence-electron chi connectivity index (χ0n) is 9.55. The van der Waals surface area contributed by atoms with Crippen LogP contribution in [0.15, 0.2) is 0 Å². The molecule has 13 heavy (non-hydrogen) atoms. The summed E-state index contributed by atoms with van der Waals surface area (Å²) in [6, 6.07) is 0. The van der Waals surface area contributed by atoms with Crippen LogP contribution in [0.4, 0.5) is 0 Å². The van der Waals surface area contributed by atoms with E-state index in [2.05, 4.69) is 20.8 Å². The maximum Gasteiger partial charge on any atom is 0.0565 e. The van der Waals surface area contributed by atoms with Crippen LogP contribution < -0.4 is 0 Å². The van der Waals surface area contributed by atoms with Crippen molar-refractivity contribution in [3.05, 3.63) is 0 Å². The van der Waals surface area contributed by atoms with Gasteiger partial charge in [0.25, 0.3) is 0 Å². The summed E-state index contributed by atoms with van der Waals surface area (Å²) in [4.78, 5) is 0. The molecule has 0 aromatic heterocycles. The summed E-state index contributed by atoms with van der Waals surface area (Å²) < 4.78 is 0. The number of aliphatic hydroxyl groups is 1. The van der Waals surface area contributed by atoms with E-state index in [-0.39, 0.29) is 6.10 Å². The molecule has 0 aliphatic heterocycles.